The molecule has 2 aromatic carbocycles. The summed E-state index contributed by atoms with van der Waals surface area (Å²) in [6, 6.07) is 16.7. The van der Waals surface area contributed by atoms with E-state index in [0.717, 1.165) is 37.1 Å². The number of nitrogens with zero attached hydrogens (tertiary/aromatic N) is 1. The van der Waals surface area contributed by atoms with E-state index >= 15 is 0 Å². The number of para-hydroxylation sites is 1. The van der Waals surface area contributed by atoms with Crippen LogP contribution in [-0.2, 0) is 11.3 Å². The molecule has 25 heavy (non-hydrogen) atoms. The molecule has 2 aromatic rings. The van der Waals surface area contributed by atoms with E-state index < -0.39 is 0 Å². The second-order valence-corrected chi connectivity index (χ2v) is 6.40. The van der Waals surface area contributed by atoms with Gasteiger partial charge in [0, 0.05) is 17.8 Å². The highest BCUT2D eigenvalue weighted by Gasteiger charge is 2.26. The molecular weight excluding hydrogens is 314 g/mol. The van der Waals surface area contributed by atoms with Gasteiger partial charge in [-0.15, -0.1) is 0 Å². The Morgan fingerprint density at radius 3 is 2.64 bits per heavy atom. The Hall–Kier alpha value is -2.66. The first-order valence-electron chi connectivity index (χ1n) is 8.62. The average molecular weight is 337 g/mol. The number of rotatable bonds is 5. The van der Waals surface area contributed by atoms with Crippen molar-refractivity contribution in [2.75, 3.05) is 11.9 Å². The van der Waals surface area contributed by atoms with Crippen molar-refractivity contribution >= 4 is 17.5 Å². The minimum atomic E-state index is -0.266. The highest BCUT2D eigenvalue weighted by Crippen LogP contribution is 2.20. The summed E-state index contributed by atoms with van der Waals surface area (Å²) in [6.07, 6.45) is 2.91. The van der Waals surface area contributed by atoms with E-state index in [1.807, 2.05) is 48.5 Å². The Morgan fingerprint density at radius 1 is 1.08 bits per heavy atom. The Kier molecular flexibility index (Phi) is 5.46. The fourth-order valence-corrected chi connectivity index (χ4v) is 3.27. The molecule has 5 nitrogen and oxygen atoms in total. The molecule has 3 rings (SSSR count). The standard InChI is InChI=1S/C20H23N3O2/c21-19(24)18-11-4-5-12-23(18)14-15-7-6-8-16(13-15)20(25)22-17-9-2-1-3-10-17/h1-3,6-10,13,18H,4-5,11-12,14H2,(H2,21,24)(H,22,25). The molecule has 0 radical (unpaired) electrons. The molecule has 1 aliphatic heterocycles. The molecule has 0 bridgehead atoms. The molecule has 1 saturated heterocycles. The Morgan fingerprint density at radius 2 is 1.88 bits per heavy atom. The molecule has 2 amide bonds. The summed E-state index contributed by atoms with van der Waals surface area (Å²) in [7, 11) is 0. The van der Waals surface area contributed by atoms with E-state index in [-0.39, 0.29) is 17.9 Å². The van der Waals surface area contributed by atoms with Gasteiger partial charge in [-0.25, -0.2) is 0 Å². The zero-order valence-corrected chi connectivity index (χ0v) is 14.2. The van der Waals surface area contributed by atoms with E-state index in [9.17, 15) is 9.59 Å². The van der Waals surface area contributed by atoms with Gasteiger partial charge in [-0.1, -0.05) is 36.8 Å². The van der Waals surface area contributed by atoms with Gasteiger partial charge in [0.15, 0.2) is 0 Å². The molecule has 5 heteroatoms. The SMILES string of the molecule is NC(=O)C1CCCCN1Cc1cccc(C(=O)Nc2ccccc2)c1. The first kappa shape index (κ1) is 17.2. The lowest BCUT2D eigenvalue weighted by Gasteiger charge is -2.33. The lowest BCUT2D eigenvalue weighted by molar-refractivity contribution is -0.124. The third-order valence-electron chi connectivity index (χ3n) is 4.55. The van der Waals surface area contributed by atoms with Gasteiger partial charge in [-0.05, 0) is 49.2 Å². The van der Waals surface area contributed by atoms with Crippen LogP contribution in [0.25, 0.3) is 0 Å². The maximum atomic E-state index is 12.4. The Balaban J connectivity index is 1.70. The van der Waals surface area contributed by atoms with Crippen LogP contribution in [0.1, 0.15) is 35.2 Å². The quantitative estimate of drug-likeness (QED) is 0.881. The monoisotopic (exact) mass is 337 g/mol. The molecule has 3 N–H and O–H groups in total. The maximum Gasteiger partial charge on any atom is 0.255 e. The molecule has 1 atom stereocenters. The number of carbonyl (C=O) groups excluding carboxylic acids is 2. The van der Waals surface area contributed by atoms with Gasteiger partial charge in [0.05, 0.1) is 6.04 Å². The normalized spacial score (nSPS) is 17.8. The molecular formula is C20H23N3O2. The third-order valence-corrected chi connectivity index (χ3v) is 4.55. The first-order valence-corrected chi connectivity index (χ1v) is 8.62. The van der Waals surface area contributed by atoms with E-state index in [1.54, 1.807) is 6.07 Å². The molecule has 0 saturated carbocycles. The number of amides is 2. The zero-order valence-electron chi connectivity index (χ0n) is 14.2. The van der Waals surface area contributed by atoms with Crippen molar-refractivity contribution in [3.63, 3.8) is 0 Å². The predicted octanol–water partition coefficient (Wildman–Crippen LogP) is 2.78. The van der Waals surface area contributed by atoms with E-state index in [2.05, 4.69) is 10.2 Å². The van der Waals surface area contributed by atoms with Gasteiger partial charge in [0.25, 0.3) is 5.91 Å². The summed E-state index contributed by atoms with van der Waals surface area (Å²) in [5, 5.41) is 2.89. The minimum Gasteiger partial charge on any atom is -0.368 e. The molecule has 1 unspecified atom stereocenters. The molecule has 0 aromatic heterocycles. The van der Waals surface area contributed by atoms with Crippen molar-refractivity contribution in [3.8, 4) is 0 Å². The molecule has 130 valence electrons. The average Bonchev–Trinajstić information content (AvgIpc) is 2.63. The van der Waals surface area contributed by atoms with Crippen LogP contribution in [0.4, 0.5) is 5.69 Å². The number of benzene rings is 2. The van der Waals surface area contributed by atoms with Crippen molar-refractivity contribution in [3.05, 3.63) is 65.7 Å². The van der Waals surface area contributed by atoms with Gasteiger partial charge in [0.1, 0.15) is 0 Å². The van der Waals surface area contributed by atoms with E-state index in [1.165, 1.54) is 0 Å². The Bertz CT molecular complexity index is 746. The number of likely N-dealkylation sites (tertiary alicyclic amines) is 1. The number of hydrogen-bond donors (Lipinski definition) is 2. The van der Waals surface area contributed by atoms with Crippen molar-refractivity contribution in [2.24, 2.45) is 5.73 Å². The number of hydrogen-bond acceptors (Lipinski definition) is 3. The van der Waals surface area contributed by atoms with Gasteiger partial charge < -0.3 is 11.1 Å². The summed E-state index contributed by atoms with van der Waals surface area (Å²) in [4.78, 5) is 26.2. The summed E-state index contributed by atoms with van der Waals surface area (Å²) >= 11 is 0. The van der Waals surface area contributed by atoms with Crippen LogP contribution >= 0.6 is 0 Å². The van der Waals surface area contributed by atoms with Crippen LogP contribution in [0.3, 0.4) is 0 Å². The van der Waals surface area contributed by atoms with E-state index in [0.29, 0.717) is 12.1 Å². The van der Waals surface area contributed by atoms with Crippen molar-refractivity contribution in [2.45, 2.75) is 31.8 Å². The van der Waals surface area contributed by atoms with Crippen LogP contribution in [0.2, 0.25) is 0 Å². The maximum absolute atomic E-state index is 12.4. The fourth-order valence-electron chi connectivity index (χ4n) is 3.27. The largest absolute Gasteiger partial charge is 0.368 e. The summed E-state index contributed by atoms with van der Waals surface area (Å²) < 4.78 is 0. The summed E-state index contributed by atoms with van der Waals surface area (Å²) in [6.45, 7) is 1.48. The van der Waals surface area contributed by atoms with Crippen LogP contribution in [-0.4, -0.2) is 29.3 Å². The minimum absolute atomic E-state index is 0.141. The van der Waals surface area contributed by atoms with Gasteiger partial charge in [-0.2, -0.15) is 0 Å². The second kappa shape index (κ2) is 7.94. The number of nitrogens with one attached hydrogen (secondary N) is 1. The van der Waals surface area contributed by atoms with Crippen LogP contribution < -0.4 is 11.1 Å². The first-order chi connectivity index (χ1) is 12.1. The van der Waals surface area contributed by atoms with Crippen LogP contribution in [0.5, 0.6) is 0 Å². The lowest BCUT2D eigenvalue weighted by atomic mass is 10.00. The number of carbonyl (C=O) groups is 2. The topological polar surface area (TPSA) is 75.4 Å². The summed E-state index contributed by atoms with van der Waals surface area (Å²) in [5.41, 5.74) is 7.91. The van der Waals surface area contributed by atoms with Gasteiger partial charge in [0.2, 0.25) is 5.91 Å². The summed E-state index contributed by atoms with van der Waals surface area (Å²) in [5.74, 6) is -0.407. The number of piperidine rings is 1. The van der Waals surface area contributed by atoms with Gasteiger partial charge >= 0.3 is 0 Å². The van der Waals surface area contributed by atoms with Crippen LogP contribution in [0.15, 0.2) is 54.6 Å². The zero-order chi connectivity index (χ0) is 17.6. The van der Waals surface area contributed by atoms with Crippen molar-refractivity contribution in [1.29, 1.82) is 0 Å². The van der Waals surface area contributed by atoms with Gasteiger partial charge in [-0.3, -0.25) is 14.5 Å². The highest BCUT2D eigenvalue weighted by atomic mass is 16.2. The molecule has 1 aliphatic rings. The molecule has 1 heterocycles. The lowest BCUT2D eigenvalue weighted by Crippen LogP contribution is -2.47. The van der Waals surface area contributed by atoms with Crippen LogP contribution in [0, 0.1) is 0 Å². The second-order valence-electron chi connectivity index (χ2n) is 6.40. The van der Waals surface area contributed by atoms with Crippen molar-refractivity contribution < 1.29 is 9.59 Å². The third kappa shape index (κ3) is 4.45. The smallest absolute Gasteiger partial charge is 0.255 e. The predicted molar refractivity (Wildman–Crippen MR) is 98.1 cm³/mol. The number of nitrogens with two attached hydrogens (primary N) is 1. The fraction of sp³-hybridized carbons (Fsp3) is 0.300. The number of primary amides is 1. The highest BCUT2D eigenvalue weighted by molar-refractivity contribution is 6.04. The Labute approximate surface area is 147 Å². The molecule has 1 fully saturated rings. The molecule has 0 spiro atoms. The number of anilines is 1. The van der Waals surface area contributed by atoms with Crippen molar-refractivity contribution in [1.82, 2.24) is 4.90 Å². The molecule has 0 aliphatic carbocycles. The van der Waals surface area contributed by atoms with E-state index in [4.69, 9.17) is 5.73 Å².